The number of allylic oxidation sites excluding steroid dienone is 1. The second kappa shape index (κ2) is 13.5. The zero-order valence-corrected chi connectivity index (χ0v) is 29.5. The lowest BCUT2D eigenvalue weighted by atomic mass is 9.93. The Morgan fingerprint density at radius 1 is 0.407 bits per heavy atom. The average molecular weight is 694 g/mol. The van der Waals surface area contributed by atoms with Crippen molar-refractivity contribution in [3.05, 3.63) is 211 Å². The van der Waals surface area contributed by atoms with Crippen molar-refractivity contribution in [2.24, 2.45) is 0 Å². The average Bonchev–Trinajstić information content (AvgIpc) is 3.64. The van der Waals surface area contributed by atoms with Crippen molar-refractivity contribution < 1.29 is 9.15 Å². The number of hydrogen-bond acceptors (Lipinski definition) is 3. The molecule has 256 valence electrons. The zero-order chi connectivity index (χ0) is 35.8. The van der Waals surface area contributed by atoms with Gasteiger partial charge in [0, 0.05) is 44.5 Å². The Kier molecular flexibility index (Phi) is 7.88. The fraction of sp³-hybridized carbons (Fsp3) is 0.0196. The lowest BCUT2D eigenvalue weighted by Crippen LogP contribution is -2.10. The summed E-state index contributed by atoms with van der Waals surface area (Å²) >= 11 is 0. The van der Waals surface area contributed by atoms with E-state index in [4.69, 9.17) is 9.15 Å². The maximum atomic E-state index is 6.90. The molecule has 0 radical (unpaired) electrons. The van der Waals surface area contributed by atoms with Crippen molar-refractivity contribution in [3.8, 4) is 39.1 Å². The maximum absolute atomic E-state index is 6.90. The van der Waals surface area contributed by atoms with Gasteiger partial charge < -0.3 is 14.1 Å². The van der Waals surface area contributed by atoms with E-state index in [9.17, 15) is 0 Å². The van der Waals surface area contributed by atoms with Crippen LogP contribution in [0.3, 0.4) is 0 Å². The summed E-state index contributed by atoms with van der Waals surface area (Å²) < 4.78 is 13.4. The molecule has 0 bridgehead atoms. The van der Waals surface area contributed by atoms with Gasteiger partial charge in [-0.15, -0.1) is 0 Å². The summed E-state index contributed by atoms with van der Waals surface area (Å²) in [4.78, 5) is 2.32. The third-order valence-electron chi connectivity index (χ3n) is 10.3. The van der Waals surface area contributed by atoms with Gasteiger partial charge in [0.1, 0.15) is 22.7 Å². The number of rotatable bonds is 7. The van der Waals surface area contributed by atoms with Gasteiger partial charge in [-0.3, -0.25) is 0 Å². The van der Waals surface area contributed by atoms with E-state index >= 15 is 0 Å². The number of ether oxygens (including phenoxy) is 1. The fourth-order valence-electron chi connectivity index (χ4n) is 7.75. The van der Waals surface area contributed by atoms with E-state index in [1.165, 1.54) is 22.3 Å². The van der Waals surface area contributed by atoms with Crippen molar-refractivity contribution in [1.82, 2.24) is 0 Å². The summed E-state index contributed by atoms with van der Waals surface area (Å²) in [6.45, 7) is 0. The second-order valence-corrected chi connectivity index (χ2v) is 13.7. The number of nitrogens with zero attached hydrogens (tertiary/aromatic N) is 1. The van der Waals surface area contributed by atoms with Crippen LogP contribution in [0.15, 0.2) is 205 Å². The first-order valence-electron chi connectivity index (χ1n) is 18.4. The highest BCUT2D eigenvalue weighted by atomic mass is 16.5. The van der Waals surface area contributed by atoms with Crippen LogP contribution in [-0.4, -0.2) is 0 Å². The minimum atomic E-state index is 0.740. The van der Waals surface area contributed by atoms with Crippen LogP contribution in [0.2, 0.25) is 0 Å². The summed E-state index contributed by atoms with van der Waals surface area (Å²) in [5.41, 5.74) is 14.0. The van der Waals surface area contributed by atoms with Crippen LogP contribution in [0, 0.1) is 0 Å². The molecular weight excluding hydrogens is 659 g/mol. The van der Waals surface area contributed by atoms with E-state index in [0.717, 1.165) is 79.2 Å². The zero-order valence-electron chi connectivity index (χ0n) is 29.5. The molecule has 10 rings (SSSR count). The molecule has 0 atom stereocenters. The van der Waals surface area contributed by atoms with E-state index in [-0.39, 0.29) is 0 Å². The molecular formula is C51H35NO2. The Hall–Kier alpha value is -7.10. The van der Waals surface area contributed by atoms with E-state index in [0.29, 0.717) is 0 Å². The van der Waals surface area contributed by atoms with E-state index in [2.05, 4.69) is 187 Å². The first-order valence-corrected chi connectivity index (χ1v) is 18.4. The predicted molar refractivity (Wildman–Crippen MR) is 223 cm³/mol. The van der Waals surface area contributed by atoms with E-state index in [1.54, 1.807) is 0 Å². The topological polar surface area (TPSA) is 25.6 Å². The fourth-order valence-corrected chi connectivity index (χ4v) is 7.75. The van der Waals surface area contributed by atoms with Gasteiger partial charge in [-0.25, -0.2) is 0 Å². The summed E-state index contributed by atoms with van der Waals surface area (Å²) in [6, 6.07) is 68.3. The van der Waals surface area contributed by atoms with Crippen LogP contribution in [0.5, 0.6) is 5.75 Å². The van der Waals surface area contributed by atoms with Gasteiger partial charge in [-0.1, -0.05) is 140 Å². The molecule has 9 aromatic rings. The Morgan fingerprint density at radius 2 is 0.981 bits per heavy atom. The number of benzene rings is 8. The van der Waals surface area contributed by atoms with Crippen LogP contribution >= 0.6 is 0 Å². The SMILES string of the molecule is C1=C(c2ccccc2)Oc2c(-c3cccc(N(c4ccccc4)c4ccc(-c5cccc(-c6ccccc6)c5)cc4)c3)cc3oc4ccccc4c3c2C1. The highest BCUT2D eigenvalue weighted by Crippen LogP contribution is 2.47. The normalized spacial score (nSPS) is 12.3. The Morgan fingerprint density at radius 3 is 1.74 bits per heavy atom. The highest BCUT2D eigenvalue weighted by molar-refractivity contribution is 6.10. The van der Waals surface area contributed by atoms with Crippen molar-refractivity contribution in [1.29, 1.82) is 0 Å². The van der Waals surface area contributed by atoms with Crippen LogP contribution in [0.1, 0.15) is 11.1 Å². The van der Waals surface area contributed by atoms with Crippen molar-refractivity contribution in [3.63, 3.8) is 0 Å². The maximum Gasteiger partial charge on any atom is 0.139 e. The first kappa shape index (κ1) is 31.6. The van der Waals surface area contributed by atoms with Gasteiger partial charge in [0.15, 0.2) is 0 Å². The van der Waals surface area contributed by atoms with Crippen molar-refractivity contribution in [2.75, 3.05) is 4.90 Å². The van der Waals surface area contributed by atoms with Crippen LogP contribution in [0.4, 0.5) is 17.1 Å². The number of fused-ring (bicyclic) bond motifs is 5. The number of anilines is 3. The Bertz CT molecular complexity index is 2800. The summed E-state index contributed by atoms with van der Waals surface area (Å²) in [7, 11) is 0. The van der Waals surface area contributed by atoms with Gasteiger partial charge in [0.05, 0.1) is 0 Å². The van der Waals surface area contributed by atoms with Gasteiger partial charge in [-0.2, -0.15) is 0 Å². The van der Waals surface area contributed by atoms with Gasteiger partial charge >= 0.3 is 0 Å². The molecule has 1 aliphatic rings. The molecule has 0 fully saturated rings. The van der Waals surface area contributed by atoms with E-state index < -0.39 is 0 Å². The van der Waals surface area contributed by atoms with Crippen molar-refractivity contribution in [2.45, 2.75) is 6.42 Å². The molecule has 2 heterocycles. The molecule has 1 aromatic heterocycles. The largest absolute Gasteiger partial charge is 0.456 e. The monoisotopic (exact) mass is 693 g/mol. The van der Waals surface area contributed by atoms with E-state index in [1.807, 2.05) is 18.2 Å². The lowest BCUT2D eigenvalue weighted by Gasteiger charge is -2.27. The van der Waals surface area contributed by atoms with Crippen LogP contribution in [-0.2, 0) is 6.42 Å². The predicted octanol–water partition coefficient (Wildman–Crippen LogP) is 14.0. The summed E-state index contributed by atoms with van der Waals surface area (Å²) in [5.74, 6) is 1.74. The molecule has 3 nitrogen and oxygen atoms in total. The van der Waals surface area contributed by atoms with Crippen LogP contribution in [0.25, 0.3) is 61.1 Å². The third kappa shape index (κ3) is 5.73. The molecule has 0 aliphatic carbocycles. The van der Waals surface area contributed by atoms with Gasteiger partial charge in [0.2, 0.25) is 0 Å². The molecule has 0 saturated heterocycles. The molecule has 0 spiro atoms. The lowest BCUT2D eigenvalue weighted by molar-refractivity contribution is 0.501. The molecule has 54 heavy (non-hydrogen) atoms. The molecule has 8 aromatic carbocycles. The van der Waals surface area contributed by atoms with Gasteiger partial charge in [0.25, 0.3) is 0 Å². The Labute approximate surface area is 314 Å². The minimum absolute atomic E-state index is 0.740. The smallest absolute Gasteiger partial charge is 0.139 e. The third-order valence-corrected chi connectivity index (χ3v) is 10.3. The highest BCUT2D eigenvalue weighted by Gasteiger charge is 2.25. The molecule has 3 heteroatoms. The van der Waals surface area contributed by atoms with Crippen LogP contribution < -0.4 is 9.64 Å². The number of para-hydroxylation sites is 2. The minimum Gasteiger partial charge on any atom is -0.456 e. The molecule has 0 unspecified atom stereocenters. The number of hydrogen-bond donors (Lipinski definition) is 0. The molecule has 0 saturated carbocycles. The quantitative estimate of drug-likeness (QED) is 0.166. The standard InChI is InChI=1S/C51H35NO2/c1-4-14-35(15-5-1)38-18-12-19-39(32-38)36-26-28-42(29-27-36)52(41-21-8-3-9-22-41)43-23-13-20-40(33-43)46-34-49-50(44-24-10-11-25-48(44)53-49)45-30-31-47(54-51(45)46)37-16-6-2-7-17-37/h1-29,31-34H,30H2. The second-order valence-electron chi connectivity index (χ2n) is 13.7. The number of furan rings is 1. The first-order chi connectivity index (χ1) is 26.8. The Balaban J connectivity index is 1.08. The molecule has 1 aliphatic heterocycles. The molecule has 0 amide bonds. The summed E-state index contributed by atoms with van der Waals surface area (Å²) in [6.07, 6.45) is 2.93. The molecule has 0 N–H and O–H groups in total. The van der Waals surface area contributed by atoms with Gasteiger partial charge in [-0.05, 0) is 94.9 Å². The van der Waals surface area contributed by atoms with Crippen molar-refractivity contribution >= 4 is 44.8 Å². The summed E-state index contributed by atoms with van der Waals surface area (Å²) in [5, 5.41) is 2.22.